The zero-order chi connectivity index (χ0) is 25.3. The van der Waals surface area contributed by atoms with Crippen LogP contribution in [0.5, 0.6) is 0 Å². The molecule has 0 rings (SSSR count). The van der Waals surface area contributed by atoms with E-state index in [4.69, 9.17) is 32.7 Å². The van der Waals surface area contributed by atoms with Gasteiger partial charge >= 0.3 is 11.9 Å². The number of esters is 2. The van der Waals surface area contributed by atoms with Gasteiger partial charge in [-0.05, 0) is 25.7 Å². The summed E-state index contributed by atoms with van der Waals surface area (Å²) in [4.78, 5) is 22.9. The number of unbranched alkanes of at least 4 members (excludes halogenated alkanes) is 17. The van der Waals surface area contributed by atoms with Crippen LogP contribution in [0.25, 0.3) is 0 Å². The second-order valence-corrected chi connectivity index (χ2v) is 10.5. The number of ether oxygens (including phenoxy) is 2. The van der Waals surface area contributed by atoms with Gasteiger partial charge in [-0.2, -0.15) is 0 Å². The van der Waals surface area contributed by atoms with Crippen molar-refractivity contribution in [3.05, 3.63) is 0 Å². The molecular formula is C28H52Cl2O4. The molecule has 2 atom stereocenters. The predicted octanol–water partition coefficient (Wildman–Crippen LogP) is 9.13. The Balaban J connectivity index is 3.15. The summed E-state index contributed by atoms with van der Waals surface area (Å²) in [5.41, 5.74) is 0. The van der Waals surface area contributed by atoms with Crippen molar-refractivity contribution in [2.45, 2.75) is 153 Å². The molecular weight excluding hydrogens is 471 g/mol. The zero-order valence-corrected chi connectivity index (χ0v) is 23.6. The first-order valence-electron chi connectivity index (χ1n) is 14.1. The van der Waals surface area contributed by atoms with E-state index in [0.29, 0.717) is 26.1 Å². The summed E-state index contributed by atoms with van der Waals surface area (Å²) >= 11 is 11.7. The van der Waals surface area contributed by atoms with Crippen molar-refractivity contribution in [3.8, 4) is 0 Å². The smallest absolute Gasteiger partial charge is 0.324 e. The van der Waals surface area contributed by atoms with Crippen LogP contribution in [-0.4, -0.2) is 35.9 Å². The van der Waals surface area contributed by atoms with E-state index >= 15 is 0 Å². The van der Waals surface area contributed by atoms with Crippen molar-refractivity contribution >= 4 is 35.1 Å². The summed E-state index contributed by atoms with van der Waals surface area (Å²) in [6.45, 7) is 4.80. The highest BCUT2D eigenvalue weighted by Crippen LogP contribution is 2.15. The minimum absolute atomic E-state index is 0.272. The first-order valence-corrected chi connectivity index (χ1v) is 15.0. The summed E-state index contributed by atoms with van der Waals surface area (Å²) in [6.07, 6.45) is 24.1. The second-order valence-electron chi connectivity index (χ2n) is 9.45. The largest absolute Gasteiger partial charge is 0.465 e. The first kappa shape index (κ1) is 33.5. The van der Waals surface area contributed by atoms with Gasteiger partial charge in [0.05, 0.1) is 13.2 Å². The Morgan fingerprint density at radius 2 is 0.676 bits per heavy atom. The Hall–Kier alpha value is -0.480. The Kier molecular flexibility index (Phi) is 25.2. The number of hydrogen-bond donors (Lipinski definition) is 0. The van der Waals surface area contributed by atoms with Crippen LogP contribution < -0.4 is 0 Å². The van der Waals surface area contributed by atoms with Crippen LogP contribution in [0.15, 0.2) is 0 Å². The number of hydrogen-bond acceptors (Lipinski definition) is 4. The molecule has 0 N–H and O–H groups in total. The van der Waals surface area contributed by atoms with E-state index in [9.17, 15) is 9.59 Å². The topological polar surface area (TPSA) is 52.6 Å². The Bertz CT molecular complexity index is 431. The summed E-state index contributed by atoms with van der Waals surface area (Å²) < 4.78 is 10.3. The normalized spacial score (nSPS) is 12.9. The number of alkyl halides is 2. The van der Waals surface area contributed by atoms with Crippen LogP contribution in [0.1, 0.15) is 142 Å². The van der Waals surface area contributed by atoms with Crippen molar-refractivity contribution in [1.29, 1.82) is 0 Å². The SMILES string of the molecule is CCC(Cl)C(=O)OCCCCCCCCCCCCCCCCCCCCOC(=O)C(Cl)CC. The highest BCUT2D eigenvalue weighted by atomic mass is 35.5. The average molecular weight is 524 g/mol. The molecule has 0 amide bonds. The summed E-state index contributed by atoms with van der Waals surface area (Å²) in [6, 6.07) is 0. The standard InChI is InChI=1S/C28H52Cl2O4/c1-3-25(29)27(31)33-23-21-19-17-15-13-11-9-7-5-6-8-10-12-14-16-18-20-22-24-34-28(32)26(30)4-2/h25-26H,3-24H2,1-2H3. The van der Waals surface area contributed by atoms with Crippen LogP contribution in [0.3, 0.4) is 0 Å². The Labute approximate surface area is 220 Å². The average Bonchev–Trinajstić information content (AvgIpc) is 2.85. The highest BCUT2D eigenvalue weighted by molar-refractivity contribution is 6.30. The molecule has 0 radical (unpaired) electrons. The number of rotatable bonds is 25. The van der Waals surface area contributed by atoms with Gasteiger partial charge in [0, 0.05) is 0 Å². The Morgan fingerprint density at radius 1 is 0.471 bits per heavy atom. The second kappa shape index (κ2) is 25.6. The molecule has 0 aromatic carbocycles. The molecule has 6 heteroatoms. The van der Waals surface area contributed by atoms with E-state index in [1.54, 1.807) is 0 Å². The third kappa shape index (κ3) is 22.0. The fourth-order valence-electron chi connectivity index (χ4n) is 3.89. The molecule has 202 valence electrons. The van der Waals surface area contributed by atoms with Crippen molar-refractivity contribution in [3.63, 3.8) is 0 Å². The summed E-state index contributed by atoms with van der Waals surface area (Å²) in [7, 11) is 0. The molecule has 0 heterocycles. The molecule has 34 heavy (non-hydrogen) atoms. The monoisotopic (exact) mass is 522 g/mol. The van der Waals surface area contributed by atoms with Crippen molar-refractivity contribution in [2.24, 2.45) is 0 Å². The van der Waals surface area contributed by atoms with Gasteiger partial charge in [-0.15, -0.1) is 23.2 Å². The van der Waals surface area contributed by atoms with Gasteiger partial charge in [-0.25, -0.2) is 0 Å². The van der Waals surface area contributed by atoms with E-state index in [0.717, 1.165) is 25.7 Å². The maximum Gasteiger partial charge on any atom is 0.324 e. The molecule has 0 spiro atoms. The summed E-state index contributed by atoms with van der Waals surface area (Å²) in [5, 5.41) is -0.977. The van der Waals surface area contributed by atoms with Crippen LogP contribution >= 0.6 is 23.2 Å². The van der Waals surface area contributed by atoms with Gasteiger partial charge in [0.25, 0.3) is 0 Å². The lowest BCUT2D eigenvalue weighted by molar-refractivity contribution is -0.144. The van der Waals surface area contributed by atoms with Crippen LogP contribution in [-0.2, 0) is 19.1 Å². The molecule has 0 saturated carbocycles. The van der Waals surface area contributed by atoms with Crippen LogP contribution in [0, 0.1) is 0 Å². The van der Waals surface area contributed by atoms with E-state index in [1.165, 1.54) is 89.9 Å². The maximum absolute atomic E-state index is 11.4. The van der Waals surface area contributed by atoms with Gasteiger partial charge in [0.15, 0.2) is 0 Å². The fraction of sp³-hybridized carbons (Fsp3) is 0.929. The predicted molar refractivity (Wildman–Crippen MR) is 145 cm³/mol. The quantitative estimate of drug-likeness (QED) is 0.0680. The lowest BCUT2D eigenvalue weighted by atomic mass is 10.0. The van der Waals surface area contributed by atoms with Gasteiger partial charge in [-0.3, -0.25) is 9.59 Å². The molecule has 0 fully saturated rings. The molecule has 0 saturated heterocycles. The van der Waals surface area contributed by atoms with Crippen LogP contribution in [0.2, 0.25) is 0 Å². The lowest BCUT2D eigenvalue weighted by Gasteiger charge is -2.07. The number of carbonyl (C=O) groups excluding carboxylic acids is 2. The Morgan fingerprint density at radius 3 is 0.882 bits per heavy atom. The number of halogens is 2. The third-order valence-electron chi connectivity index (χ3n) is 6.26. The van der Waals surface area contributed by atoms with E-state index < -0.39 is 10.8 Å². The van der Waals surface area contributed by atoms with Gasteiger partial charge in [0.2, 0.25) is 0 Å². The van der Waals surface area contributed by atoms with Crippen molar-refractivity contribution in [1.82, 2.24) is 0 Å². The van der Waals surface area contributed by atoms with Gasteiger partial charge in [-0.1, -0.05) is 117 Å². The van der Waals surface area contributed by atoms with E-state index in [2.05, 4.69) is 0 Å². The zero-order valence-electron chi connectivity index (χ0n) is 22.1. The minimum atomic E-state index is -0.488. The lowest BCUT2D eigenvalue weighted by Crippen LogP contribution is -2.17. The van der Waals surface area contributed by atoms with E-state index in [1.807, 2.05) is 13.8 Å². The molecule has 2 unspecified atom stereocenters. The molecule has 0 bridgehead atoms. The molecule has 4 nitrogen and oxygen atoms in total. The fourth-order valence-corrected chi connectivity index (χ4v) is 4.02. The van der Waals surface area contributed by atoms with Crippen molar-refractivity contribution in [2.75, 3.05) is 13.2 Å². The highest BCUT2D eigenvalue weighted by Gasteiger charge is 2.14. The van der Waals surface area contributed by atoms with E-state index in [-0.39, 0.29) is 11.9 Å². The first-order chi connectivity index (χ1) is 16.5. The molecule has 0 aromatic heterocycles. The molecule has 0 aliphatic rings. The van der Waals surface area contributed by atoms with Gasteiger partial charge < -0.3 is 9.47 Å². The molecule has 0 aromatic rings. The molecule has 0 aliphatic heterocycles. The van der Waals surface area contributed by atoms with Gasteiger partial charge in [0.1, 0.15) is 10.8 Å². The molecule has 0 aliphatic carbocycles. The maximum atomic E-state index is 11.4. The van der Waals surface area contributed by atoms with Crippen molar-refractivity contribution < 1.29 is 19.1 Å². The summed E-state index contributed by atoms with van der Waals surface area (Å²) in [5.74, 6) is -0.545. The minimum Gasteiger partial charge on any atom is -0.465 e. The third-order valence-corrected chi connectivity index (χ3v) is 7.23. The van der Waals surface area contributed by atoms with Crippen LogP contribution in [0.4, 0.5) is 0 Å². The number of carbonyl (C=O) groups is 2.